The lowest BCUT2D eigenvalue weighted by atomic mass is 10.3. The first-order valence-corrected chi connectivity index (χ1v) is 6.90. The molecule has 0 fully saturated rings. The van der Waals surface area contributed by atoms with Crippen molar-refractivity contribution >= 4 is 34.6 Å². The Morgan fingerprint density at radius 3 is 2.71 bits per heavy atom. The Bertz CT molecular complexity index is 649. The van der Waals surface area contributed by atoms with Gasteiger partial charge in [-0.3, -0.25) is 10.1 Å². The Kier molecular flexibility index (Phi) is 4.94. The van der Waals surface area contributed by atoms with Gasteiger partial charge in [-0.1, -0.05) is 30.7 Å². The number of para-hydroxylation sites is 1. The van der Waals surface area contributed by atoms with E-state index in [1.54, 1.807) is 30.3 Å². The molecule has 0 aliphatic rings. The Morgan fingerprint density at radius 2 is 2.05 bits per heavy atom. The Morgan fingerprint density at radius 1 is 1.29 bits per heavy atom. The molecule has 7 heteroatoms. The lowest BCUT2D eigenvalue weighted by Gasteiger charge is -2.10. The van der Waals surface area contributed by atoms with Crippen LogP contribution in [-0.2, 0) is 0 Å². The quantitative estimate of drug-likeness (QED) is 0.617. The summed E-state index contributed by atoms with van der Waals surface area (Å²) in [6.45, 7) is 2.78. The average molecular weight is 307 g/mol. The van der Waals surface area contributed by atoms with Crippen LogP contribution in [0.1, 0.15) is 13.3 Å². The third-order valence-corrected chi connectivity index (χ3v) is 3.08. The molecule has 110 valence electrons. The minimum atomic E-state index is -0.476. The molecule has 21 heavy (non-hydrogen) atoms. The number of hydrogen-bond donors (Lipinski definition) is 2. The van der Waals surface area contributed by atoms with Gasteiger partial charge in [0.25, 0.3) is 0 Å². The van der Waals surface area contributed by atoms with E-state index in [1.807, 2.05) is 6.92 Å². The maximum atomic E-state index is 11.1. The molecule has 0 saturated carbocycles. The maximum Gasteiger partial charge on any atom is 0.311 e. The zero-order valence-electron chi connectivity index (χ0n) is 11.5. The van der Waals surface area contributed by atoms with Gasteiger partial charge in [-0.05, 0) is 24.6 Å². The number of benzene rings is 1. The van der Waals surface area contributed by atoms with Crippen molar-refractivity contribution in [2.45, 2.75) is 13.3 Å². The van der Waals surface area contributed by atoms with Crippen molar-refractivity contribution < 1.29 is 4.92 Å². The summed E-state index contributed by atoms with van der Waals surface area (Å²) >= 11 is 6.05. The summed E-state index contributed by atoms with van der Waals surface area (Å²) in [6, 6.07) is 10.0. The standard InChI is InChI=1S/C14H15ClN4O2/c1-2-9-16-13-8-7-12(19(20)21)14(18-13)17-11-6-4-3-5-10(11)15/h3-8H,2,9H2,1H3,(H2,16,17,18). The number of nitrogens with zero attached hydrogens (tertiary/aromatic N) is 2. The smallest absolute Gasteiger partial charge is 0.311 e. The fourth-order valence-corrected chi connectivity index (χ4v) is 1.92. The van der Waals surface area contributed by atoms with Crippen molar-refractivity contribution in [3.8, 4) is 0 Å². The second kappa shape index (κ2) is 6.90. The number of nitro groups is 1. The van der Waals surface area contributed by atoms with E-state index in [-0.39, 0.29) is 11.5 Å². The number of anilines is 3. The molecule has 6 nitrogen and oxygen atoms in total. The van der Waals surface area contributed by atoms with Crippen molar-refractivity contribution in [2.24, 2.45) is 0 Å². The lowest BCUT2D eigenvalue weighted by molar-refractivity contribution is -0.384. The van der Waals surface area contributed by atoms with Crippen LogP contribution in [0, 0.1) is 10.1 Å². The van der Waals surface area contributed by atoms with Crippen LogP contribution in [0.2, 0.25) is 5.02 Å². The van der Waals surface area contributed by atoms with Crippen LogP contribution < -0.4 is 10.6 Å². The van der Waals surface area contributed by atoms with Gasteiger partial charge in [-0.15, -0.1) is 0 Å². The van der Waals surface area contributed by atoms with Crippen LogP contribution in [0.15, 0.2) is 36.4 Å². The predicted molar refractivity (Wildman–Crippen MR) is 84.4 cm³/mol. The van der Waals surface area contributed by atoms with Crippen molar-refractivity contribution in [3.05, 3.63) is 51.5 Å². The first kappa shape index (κ1) is 15.1. The van der Waals surface area contributed by atoms with Gasteiger partial charge in [0.2, 0.25) is 5.82 Å². The van der Waals surface area contributed by atoms with Gasteiger partial charge in [0.05, 0.1) is 15.6 Å². The number of nitrogens with one attached hydrogen (secondary N) is 2. The highest BCUT2D eigenvalue weighted by Crippen LogP contribution is 2.30. The Labute approximate surface area is 127 Å². The molecule has 0 saturated heterocycles. The molecule has 1 aromatic heterocycles. The summed E-state index contributed by atoms with van der Waals surface area (Å²) < 4.78 is 0. The zero-order valence-corrected chi connectivity index (χ0v) is 12.2. The molecule has 0 unspecified atom stereocenters. The highest BCUT2D eigenvalue weighted by Gasteiger charge is 2.17. The summed E-state index contributed by atoms with van der Waals surface area (Å²) in [5.41, 5.74) is 0.472. The molecule has 0 spiro atoms. The number of rotatable bonds is 6. The number of hydrogen-bond acceptors (Lipinski definition) is 5. The molecule has 0 atom stereocenters. The minimum Gasteiger partial charge on any atom is -0.370 e. The van der Waals surface area contributed by atoms with E-state index in [4.69, 9.17) is 11.6 Å². The fraction of sp³-hybridized carbons (Fsp3) is 0.214. The van der Waals surface area contributed by atoms with Crippen LogP contribution in [0.5, 0.6) is 0 Å². The third kappa shape index (κ3) is 3.82. The largest absolute Gasteiger partial charge is 0.370 e. The first-order chi connectivity index (χ1) is 10.1. The van der Waals surface area contributed by atoms with Crippen molar-refractivity contribution in [1.82, 2.24) is 4.98 Å². The third-order valence-electron chi connectivity index (χ3n) is 2.75. The average Bonchev–Trinajstić information content (AvgIpc) is 2.47. The molecular weight excluding hydrogens is 292 g/mol. The second-order valence-corrected chi connectivity index (χ2v) is 4.76. The molecule has 0 amide bonds. The molecule has 2 aromatic rings. The molecule has 0 aliphatic carbocycles. The summed E-state index contributed by atoms with van der Waals surface area (Å²) in [7, 11) is 0. The van der Waals surface area contributed by atoms with Crippen LogP contribution in [-0.4, -0.2) is 16.5 Å². The van der Waals surface area contributed by atoms with Gasteiger partial charge < -0.3 is 10.6 Å². The molecule has 1 heterocycles. The van der Waals surface area contributed by atoms with Gasteiger partial charge in [-0.2, -0.15) is 0 Å². The van der Waals surface area contributed by atoms with E-state index in [0.717, 1.165) is 13.0 Å². The van der Waals surface area contributed by atoms with Crippen LogP contribution >= 0.6 is 11.6 Å². The first-order valence-electron chi connectivity index (χ1n) is 6.52. The normalized spacial score (nSPS) is 10.2. The van der Waals surface area contributed by atoms with E-state index in [9.17, 15) is 10.1 Å². The Balaban J connectivity index is 2.34. The van der Waals surface area contributed by atoms with E-state index in [2.05, 4.69) is 15.6 Å². The van der Waals surface area contributed by atoms with Gasteiger partial charge >= 0.3 is 5.69 Å². The molecule has 0 radical (unpaired) electrons. The second-order valence-electron chi connectivity index (χ2n) is 4.35. The van der Waals surface area contributed by atoms with Crippen molar-refractivity contribution in [2.75, 3.05) is 17.2 Å². The van der Waals surface area contributed by atoms with E-state index < -0.39 is 4.92 Å². The number of aromatic nitrogens is 1. The van der Waals surface area contributed by atoms with E-state index >= 15 is 0 Å². The van der Waals surface area contributed by atoms with Gasteiger partial charge in [0.1, 0.15) is 5.82 Å². The monoisotopic (exact) mass is 306 g/mol. The molecule has 0 aliphatic heterocycles. The number of pyridine rings is 1. The highest BCUT2D eigenvalue weighted by atomic mass is 35.5. The minimum absolute atomic E-state index is 0.100. The molecule has 2 N–H and O–H groups in total. The van der Waals surface area contributed by atoms with Crippen LogP contribution in [0.25, 0.3) is 0 Å². The molecular formula is C14H15ClN4O2. The molecule has 0 bridgehead atoms. The number of halogens is 1. The van der Waals surface area contributed by atoms with Crippen molar-refractivity contribution in [1.29, 1.82) is 0 Å². The predicted octanol–water partition coefficient (Wildman–Crippen LogP) is 4.21. The van der Waals surface area contributed by atoms with Crippen LogP contribution in [0.4, 0.5) is 23.0 Å². The van der Waals surface area contributed by atoms with Crippen molar-refractivity contribution in [3.63, 3.8) is 0 Å². The van der Waals surface area contributed by atoms with Gasteiger partial charge in [0, 0.05) is 12.6 Å². The van der Waals surface area contributed by atoms with E-state index in [1.165, 1.54) is 6.07 Å². The van der Waals surface area contributed by atoms with E-state index in [0.29, 0.717) is 16.5 Å². The summed E-state index contributed by atoms with van der Waals surface area (Å²) in [5, 5.41) is 17.6. The summed E-state index contributed by atoms with van der Waals surface area (Å²) in [4.78, 5) is 14.9. The summed E-state index contributed by atoms with van der Waals surface area (Å²) in [5.74, 6) is 0.742. The molecule has 1 aromatic carbocycles. The topological polar surface area (TPSA) is 80.1 Å². The molecule has 2 rings (SSSR count). The van der Waals surface area contributed by atoms with Gasteiger partial charge in [0.15, 0.2) is 0 Å². The highest BCUT2D eigenvalue weighted by molar-refractivity contribution is 6.33. The maximum absolute atomic E-state index is 11.1. The lowest BCUT2D eigenvalue weighted by Crippen LogP contribution is -2.05. The Hall–Kier alpha value is -2.34. The fourth-order valence-electron chi connectivity index (χ4n) is 1.73. The zero-order chi connectivity index (χ0) is 15.2. The summed E-state index contributed by atoms with van der Waals surface area (Å²) in [6.07, 6.45) is 0.936. The van der Waals surface area contributed by atoms with Crippen LogP contribution in [0.3, 0.4) is 0 Å². The van der Waals surface area contributed by atoms with Gasteiger partial charge in [-0.25, -0.2) is 4.98 Å². The SMILES string of the molecule is CCCNc1ccc([N+](=O)[O-])c(Nc2ccccc2Cl)n1.